The van der Waals surface area contributed by atoms with Crippen LogP contribution in [0.25, 0.3) is 0 Å². The van der Waals surface area contributed by atoms with Gasteiger partial charge < -0.3 is 9.80 Å². The molecule has 0 saturated heterocycles. The van der Waals surface area contributed by atoms with Crippen LogP contribution in [0.5, 0.6) is 0 Å². The number of rotatable bonds is 36. The molecule has 0 aromatic heterocycles. The first-order chi connectivity index (χ1) is 21.8. The van der Waals surface area contributed by atoms with Crippen molar-refractivity contribution in [2.24, 2.45) is 0 Å². The molecule has 0 aliphatic carbocycles. The Bertz CT molecular complexity index is 572. The highest BCUT2D eigenvalue weighted by atomic mass is 15.4. The summed E-state index contributed by atoms with van der Waals surface area (Å²) in [6, 6.07) is 0. The second kappa shape index (κ2) is 33.7. The van der Waals surface area contributed by atoms with Gasteiger partial charge in [-0.25, -0.2) is 0 Å². The van der Waals surface area contributed by atoms with Gasteiger partial charge in [0.1, 0.15) is 6.17 Å². The molecule has 0 amide bonds. The van der Waals surface area contributed by atoms with Gasteiger partial charge in [0.25, 0.3) is 0 Å². The predicted molar refractivity (Wildman–Crippen MR) is 200 cm³/mol. The summed E-state index contributed by atoms with van der Waals surface area (Å²) in [5, 5.41) is 0. The average molecular weight is 617 g/mol. The van der Waals surface area contributed by atoms with E-state index in [0.717, 1.165) is 0 Å². The first-order valence-corrected chi connectivity index (χ1v) is 21.0. The van der Waals surface area contributed by atoms with Crippen molar-refractivity contribution < 1.29 is 0 Å². The van der Waals surface area contributed by atoms with Gasteiger partial charge in [-0.1, -0.05) is 213 Å². The third-order valence-electron chi connectivity index (χ3n) is 10.3. The van der Waals surface area contributed by atoms with Crippen LogP contribution in [0.3, 0.4) is 0 Å². The minimum atomic E-state index is 0.639. The maximum Gasteiger partial charge on any atom is 0.101 e. The Morgan fingerprint density at radius 2 is 0.523 bits per heavy atom. The molecule has 1 unspecified atom stereocenters. The van der Waals surface area contributed by atoms with Gasteiger partial charge in [0.05, 0.1) is 0 Å². The lowest BCUT2D eigenvalue weighted by molar-refractivity contribution is 0.135. The topological polar surface area (TPSA) is 6.48 Å². The van der Waals surface area contributed by atoms with Gasteiger partial charge in [-0.05, 0) is 25.7 Å². The lowest BCUT2D eigenvalue weighted by atomic mass is 10.0. The fourth-order valence-electron chi connectivity index (χ4n) is 7.25. The maximum absolute atomic E-state index is 2.72. The van der Waals surface area contributed by atoms with E-state index in [1.165, 1.54) is 231 Å². The van der Waals surface area contributed by atoms with Gasteiger partial charge in [0, 0.05) is 25.5 Å². The minimum Gasteiger partial charge on any atom is -0.356 e. The lowest BCUT2D eigenvalue weighted by Gasteiger charge is -2.33. The lowest BCUT2D eigenvalue weighted by Crippen LogP contribution is -2.39. The third-order valence-corrected chi connectivity index (χ3v) is 10.3. The van der Waals surface area contributed by atoms with Crippen molar-refractivity contribution in [2.45, 2.75) is 245 Å². The second-order valence-corrected chi connectivity index (χ2v) is 14.6. The normalized spacial score (nSPS) is 14.8. The Kier molecular flexibility index (Phi) is 31.7. The molecule has 1 rings (SSSR count). The van der Waals surface area contributed by atoms with E-state index in [0.29, 0.717) is 6.17 Å². The fraction of sp³-hybridized carbons (Fsp3) is 0.952. The van der Waals surface area contributed by atoms with Crippen LogP contribution in [0.15, 0.2) is 12.4 Å². The Labute approximate surface area is 280 Å². The molecule has 1 atom stereocenters. The molecule has 44 heavy (non-hydrogen) atoms. The molecule has 0 aromatic carbocycles. The monoisotopic (exact) mass is 617 g/mol. The Hall–Kier alpha value is -0.660. The van der Waals surface area contributed by atoms with Gasteiger partial charge in [-0.15, -0.1) is 0 Å². The van der Waals surface area contributed by atoms with Gasteiger partial charge in [0.15, 0.2) is 0 Å². The molecule has 0 spiro atoms. The summed E-state index contributed by atoms with van der Waals surface area (Å²) in [6.07, 6.45) is 54.4. The molecule has 1 heterocycles. The van der Waals surface area contributed by atoms with Crippen LogP contribution >= 0.6 is 0 Å². The fourth-order valence-corrected chi connectivity index (χ4v) is 7.25. The molecule has 2 nitrogen and oxygen atoms in total. The van der Waals surface area contributed by atoms with E-state index in [9.17, 15) is 0 Å². The van der Waals surface area contributed by atoms with Crippen LogP contribution in [-0.4, -0.2) is 29.1 Å². The van der Waals surface area contributed by atoms with Gasteiger partial charge >= 0.3 is 0 Å². The highest BCUT2D eigenvalue weighted by Crippen LogP contribution is 2.24. The summed E-state index contributed by atoms with van der Waals surface area (Å²) >= 11 is 0. The zero-order valence-electron chi connectivity index (χ0n) is 31.1. The number of unbranched alkanes of at least 4 members (excludes halogenated alkanes) is 30. The van der Waals surface area contributed by atoms with Gasteiger partial charge in [-0.3, -0.25) is 0 Å². The third kappa shape index (κ3) is 25.5. The molecule has 0 aromatic rings. The Morgan fingerprint density at radius 1 is 0.295 bits per heavy atom. The molecule has 0 bridgehead atoms. The SMILES string of the molecule is CCCCCCCCCCCCCCCN1C=CN(CCCCCCCCCCCCC)C1CCCCCCCCCCC. The molecule has 1 aliphatic rings. The van der Waals surface area contributed by atoms with Crippen LogP contribution < -0.4 is 0 Å². The maximum atomic E-state index is 2.72. The zero-order valence-corrected chi connectivity index (χ0v) is 31.1. The van der Waals surface area contributed by atoms with Crippen LogP contribution in [0.4, 0.5) is 0 Å². The first kappa shape index (κ1) is 41.4. The summed E-state index contributed by atoms with van der Waals surface area (Å²) in [7, 11) is 0. The smallest absolute Gasteiger partial charge is 0.101 e. The van der Waals surface area contributed by atoms with Crippen LogP contribution in [0.1, 0.15) is 239 Å². The van der Waals surface area contributed by atoms with E-state index in [2.05, 4.69) is 43.0 Å². The second-order valence-electron chi connectivity index (χ2n) is 14.6. The molecule has 1 aliphatic heterocycles. The highest BCUT2D eigenvalue weighted by molar-refractivity contribution is 4.97. The summed E-state index contributed by atoms with van der Waals surface area (Å²) in [6.45, 7) is 9.49. The summed E-state index contributed by atoms with van der Waals surface area (Å²) in [4.78, 5) is 5.45. The van der Waals surface area contributed by atoms with Crippen LogP contribution in [-0.2, 0) is 0 Å². The standard InChI is InChI=1S/C42H84N2/c1-4-7-10-13-16-19-21-22-24-27-30-33-36-39-44-41-40-43(38-35-32-29-26-23-20-17-14-11-8-5-2)42(44)37-34-31-28-25-18-15-12-9-6-3/h40-42H,4-39H2,1-3H3. The van der Waals surface area contributed by atoms with Crippen molar-refractivity contribution >= 4 is 0 Å². The Morgan fingerprint density at radius 3 is 0.795 bits per heavy atom. The van der Waals surface area contributed by atoms with Crippen LogP contribution in [0.2, 0.25) is 0 Å². The van der Waals surface area contributed by atoms with Crippen molar-refractivity contribution in [1.29, 1.82) is 0 Å². The van der Waals surface area contributed by atoms with Crippen LogP contribution in [0, 0.1) is 0 Å². The van der Waals surface area contributed by atoms with Crippen molar-refractivity contribution in [3.63, 3.8) is 0 Å². The van der Waals surface area contributed by atoms with E-state index in [4.69, 9.17) is 0 Å². The van der Waals surface area contributed by atoms with E-state index < -0.39 is 0 Å². The van der Waals surface area contributed by atoms with Gasteiger partial charge in [-0.2, -0.15) is 0 Å². The van der Waals surface area contributed by atoms with Crippen molar-refractivity contribution in [3.05, 3.63) is 12.4 Å². The summed E-state index contributed by atoms with van der Waals surface area (Å²) < 4.78 is 0. The average Bonchev–Trinajstić information content (AvgIpc) is 3.42. The zero-order chi connectivity index (χ0) is 31.6. The summed E-state index contributed by atoms with van der Waals surface area (Å²) in [5.74, 6) is 0. The largest absolute Gasteiger partial charge is 0.356 e. The molecular weight excluding hydrogens is 532 g/mol. The molecular formula is C42H84N2. The molecule has 2 heteroatoms. The molecule has 0 N–H and O–H groups in total. The highest BCUT2D eigenvalue weighted by Gasteiger charge is 2.24. The van der Waals surface area contributed by atoms with E-state index in [1.54, 1.807) is 0 Å². The van der Waals surface area contributed by atoms with E-state index in [1.807, 2.05) is 0 Å². The molecule has 0 radical (unpaired) electrons. The molecule has 262 valence electrons. The van der Waals surface area contributed by atoms with Crippen molar-refractivity contribution in [1.82, 2.24) is 9.80 Å². The summed E-state index contributed by atoms with van der Waals surface area (Å²) in [5.41, 5.74) is 0. The van der Waals surface area contributed by atoms with E-state index in [-0.39, 0.29) is 0 Å². The number of nitrogens with zero attached hydrogens (tertiary/aromatic N) is 2. The first-order valence-electron chi connectivity index (χ1n) is 21.0. The number of hydrogen-bond acceptors (Lipinski definition) is 2. The Balaban J connectivity index is 2.21. The van der Waals surface area contributed by atoms with Crippen molar-refractivity contribution in [2.75, 3.05) is 13.1 Å². The minimum absolute atomic E-state index is 0.639. The molecule has 0 saturated carbocycles. The van der Waals surface area contributed by atoms with E-state index >= 15 is 0 Å². The van der Waals surface area contributed by atoms with Crippen molar-refractivity contribution in [3.8, 4) is 0 Å². The number of hydrogen-bond donors (Lipinski definition) is 0. The van der Waals surface area contributed by atoms with Gasteiger partial charge in [0.2, 0.25) is 0 Å². The quantitative estimate of drug-likeness (QED) is 0.0646. The predicted octanol–water partition coefficient (Wildman–Crippen LogP) is 14.7. The molecule has 0 fully saturated rings.